The van der Waals surface area contributed by atoms with Crippen molar-refractivity contribution in [1.29, 1.82) is 0 Å². The first-order valence-corrected chi connectivity index (χ1v) is 21.1. The van der Waals surface area contributed by atoms with E-state index in [2.05, 4.69) is 20.6 Å². The number of fused-ring (bicyclic) bond motifs is 1. The SMILES string of the molecule is CC(C)(C(=O)Nc1nc(-c2ccc(F)cc2)cs1)S(=O)(=O)c1ccc(Cl)cc1.CC(C)(C(=O)Nc1nc2c(F)cccc2s1)S(=O)(=O)c1ccc(Cl)cc1. The molecule has 6 rings (SSSR count). The van der Waals surface area contributed by atoms with E-state index in [1.807, 2.05) is 0 Å². The van der Waals surface area contributed by atoms with Gasteiger partial charge in [-0.15, -0.1) is 11.3 Å². The van der Waals surface area contributed by atoms with Gasteiger partial charge in [0.15, 0.2) is 29.9 Å². The van der Waals surface area contributed by atoms with E-state index >= 15 is 0 Å². The second kappa shape index (κ2) is 15.8. The standard InChI is InChI=1S/C19H16ClFN2O3S2.C17H14ClFN2O3S2/c1-19(2,28(25,26)15-9-5-13(20)6-10-15)17(24)23-18-22-16(11-27-18)12-3-7-14(21)8-4-12;1-17(2,26(23,24)11-8-6-10(18)7-9-11)15(22)21-16-20-14-12(19)4-3-5-13(14)25-16/h3-11H,1-2H3,(H,22,23,24);3-9H,1-2H3,(H,20,21,22). The van der Waals surface area contributed by atoms with E-state index in [-0.39, 0.29) is 31.4 Å². The summed E-state index contributed by atoms with van der Waals surface area (Å²) in [7, 11) is -7.94. The van der Waals surface area contributed by atoms with Crippen molar-refractivity contribution in [1.82, 2.24) is 9.97 Å². The number of nitrogens with one attached hydrogen (secondary N) is 2. The Morgan fingerprint density at radius 1 is 0.667 bits per heavy atom. The van der Waals surface area contributed by atoms with Gasteiger partial charge in [-0.1, -0.05) is 40.6 Å². The molecule has 0 bridgehead atoms. The maximum absolute atomic E-state index is 13.7. The predicted molar refractivity (Wildman–Crippen MR) is 210 cm³/mol. The van der Waals surface area contributed by atoms with Crippen LogP contribution in [0.5, 0.6) is 0 Å². The summed E-state index contributed by atoms with van der Waals surface area (Å²) in [6.45, 7) is 5.28. The molecule has 18 heteroatoms. The number of amides is 2. The van der Waals surface area contributed by atoms with Crippen LogP contribution >= 0.6 is 45.9 Å². The molecule has 0 aliphatic carbocycles. The summed E-state index contributed by atoms with van der Waals surface area (Å²) in [6.07, 6.45) is 0. The molecule has 0 radical (unpaired) electrons. The summed E-state index contributed by atoms with van der Waals surface area (Å²) < 4.78 is 75.3. The van der Waals surface area contributed by atoms with Gasteiger partial charge in [0.25, 0.3) is 0 Å². The largest absolute Gasteiger partial charge is 0.301 e. The fraction of sp³-hybridized carbons (Fsp3) is 0.167. The van der Waals surface area contributed by atoms with Crippen molar-refractivity contribution in [2.45, 2.75) is 47.0 Å². The van der Waals surface area contributed by atoms with Gasteiger partial charge in [0, 0.05) is 21.0 Å². The van der Waals surface area contributed by atoms with Crippen molar-refractivity contribution in [2.24, 2.45) is 0 Å². The third kappa shape index (κ3) is 8.48. The fourth-order valence-electron chi connectivity index (χ4n) is 4.61. The van der Waals surface area contributed by atoms with Crippen molar-refractivity contribution in [3.63, 3.8) is 0 Å². The molecule has 0 atom stereocenters. The highest BCUT2D eigenvalue weighted by molar-refractivity contribution is 7.94. The molecule has 2 aromatic heterocycles. The Morgan fingerprint density at radius 3 is 1.63 bits per heavy atom. The number of hydrogen-bond acceptors (Lipinski definition) is 10. The second-order valence-electron chi connectivity index (χ2n) is 12.5. The predicted octanol–water partition coefficient (Wildman–Crippen LogP) is 9.07. The highest BCUT2D eigenvalue weighted by atomic mass is 35.5. The molecule has 0 unspecified atom stereocenters. The maximum Gasteiger partial charge on any atom is 0.247 e. The quantitative estimate of drug-likeness (QED) is 0.146. The van der Waals surface area contributed by atoms with Gasteiger partial charge >= 0.3 is 0 Å². The summed E-state index contributed by atoms with van der Waals surface area (Å²) in [6, 6.07) is 21.5. The Labute approximate surface area is 328 Å². The number of para-hydroxylation sites is 1. The van der Waals surface area contributed by atoms with Crippen molar-refractivity contribution in [3.05, 3.63) is 118 Å². The molecule has 0 saturated heterocycles. The molecular weight excluding hydrogens is 822 g/mol. The monoisotopic (exact) mass is 850 g/mol. The highest BCUT2D eigenvalue weighted by Crippen LogP contribution is 2.32. The van der Waals surface area contributed by atoms with Crippen molar-refractivity contribution in [2.75, 3.05) is 10.6 Å². The number of rotatable bonds is 9. The molecule has 54 heavy (non-hydrogen) atoms. The molecule has 0 spiro atoms. The van der Waals surface area contributed by atoms with E-state index in [1.165, 1.54) is 100 Å². The van der Waals surface area contributed by atoms with E-state index in [0.717, 1.165) is 22.7 Å². The zero-order valence-electron chi connectivity index (χ0n) is 28.7. The van der Waals surface area contributed by atoms with Gasteiger partial charge in [0.1, 0.15) is 26.6 Å². The number of nitrogens with zero attached hydrogens (tertiary/aromatic N) is 2. The molecule has 2 amide bonds. The lowest BCUT2D eigenvalue weighted by Gasteiger charge is -2.23. The van der Waals surface area contributed by atoms with Crippen LogP contribution < -0.4 is 10.6 Å². The number of carbonyl (C=O) groups is 2. The van der Waals surface area contributed by atoms with Crippen LogP contribution in [-0.2, 0) is 29.3 Å². The molecule has 10 nitrogen and oxygen atoms in total. The Hall–Kier alpha value is -4.32. The van der Waals surface area contributed by atoms with Crippen molar-refractivity contribution < 1.29 is 35.2 Å². The highest BCUT2D eigenvalue weighted by Gasteiger charge is 2.44. The van der Waals surface area contributed by atoms with Crippen LogP contribution in [0.15, 0.2) is 106 Å². The minimum Gasteiger partial charge on any atom is -0.301 e. The van der Waals surface area contributed by atoms with Gasteiger partial charge in [0.2, 0.25) is 11.8 Å². The number of aromatic nitrogens is 2. The molecule has 282 valence electrons. The van der Waals surface area contributed by atoms with Gasteiger partial charge < -0.3 is 10.6 Å². The van der Waals surface area contributed by atoms with Gasteiger partial charge in [-0.25, -0.2) is 35.6 Å². The number of sulfone groups is 2. The minimum absolute atomic E-state index is 0.00295. The number of halogens is 4. The lowest BCUT2D eigenvalue weighted by Crippen LogP contribution is -2.44. The number of carbonyl (C=O) groups excluding carboxylic acids is 2. The van der Waals surface area contributed by atoms with Gasteiger partial charge in [-0.2, -0.15) is 0 Å². The second-order valence-corrected chi connectivity index (χ2v) is 20.3. The Balaban J connectivity index is 0.000000208. The normalized spacial score (nSPS) is 12.1. The van der Waals surface area contributed by atoms with E-state index in [9.17, 15) is 35.2 Å². The average molecular weight is 852 g/mol. The first-order chi connectivity index (χ1) is 25.2. The van der Waals surface area contributed by atoms with Crippen molar-refractivity contribution in [3.8, 4) is 11.3 Å². The van der Waals surface area contributed by atoms with Crippen LogP contribution in [0.25, 0.3) is 21.5 Å². The summed E-state index contributed by atoms with van der Waals surface area (Å²) in [5, 5.41) is 7.92. The Morgan fingerprint density at radius 2 is 1.15 bits per heavy atom. The first-order valence-electron chi connectivity index (χ1n) is 15.6. The first kappa shape index (κ1) is 40.9. The molecule has 4 aromatic carbocycles. The molecule has 0 aliphatic rings. The minimum atomic E-state index is -3.98. The zero-order chi connectivity index (χ0) is 39.6. The average Bonchev–Trinajstić information content (AvgIpc) is 3.76. The van der Waals surface area contributed by atoms with Crippen LogP contribution in [0.4, 0.5) is 19.0 Å². The molecule has 0 aliphatic heterocycles. The third-order valence-electron chi connectivity index (χ3n) is 8.14. The van der Waals surface area contributed by atoms with Crippen LogP contribution in [-0.4, -0.2) is 48.1 Å². The van der Waals surface area contributed by atoms with E-state index in [0.29, 0.717) is 26.0 Å². The van der Waals surface area contributed by atoms with Crippen LogP contribution in [0, 0.1) is 11.6 Å². The molecule has 2 N–H and O–H groups in total. The van der Waals surface area contributed by atoms with E-state index in [4.69, 9.17) is 23.2 Å². The number of thiazole rings is 2. The van der Waals surface area contributed by atoms with Crippen LogP contribution in [0.1, 0.15) is 27.7 Å². The van der Waals surface area contributed by atoms with Crippen molar-refractivity contribution >= 4 is 97.8 Å². The number of hydrogen-bond donors (Lipinski definition) is 2. The summed E-state index contributed by atoms with van der Waals surface area (Å²) in [5.74, 6) is -2.33. The zero-order valence-corrected chi connectivity index (χ0v) is 33.5. The summed E-state index contributed by atoms with van der Waals surface area (Å²) in [4.78, 5) is 33.7. The van der Waals surface area contributed by atoms with E-state index in [1.54, 1.807) is 23.6 Å². The molecular formula is C36H30Cl2F2N4O6S4. The Kier molecular flexibility index (Phi) is 12.0. The van der Waals surface area contributed by atoms with Gasteiger partial charge in [-0.05, 0) is 113 Å². The number of anilines is 2. The topological polar surface area (TPSA) is 152 Å². The van der Waals surface area contributed by atoms with Gasteiger partial charge in [-0.3, -0.25) is 9.59 Å². The smallest absolute Gasteiger partial charge is 0.247 e. The van der Waals surface area contributed by atoms with E-state index < -0.39 is 46.8 Å². The van der Waals surface area contributed by atoms with Crippen LogP contribution in [0.3, 0.4) is 0 Å². The molecule has 0 saturated carbocycles. The fourth-order valence-corrected chi connectivity index (χ4v) is 9.21. The molecule has 6 aromatic rings. The Bertz CT molecular complexity index is 2560. The van der Waals surface area contributed by atoms with Gasteiger partial charge in [0.05, 0.1) is 20.2 Å². The molecule has 2 heterocycles. The molecule has 0 fully saturated rings. The summed E-state index contributed by atoms with van der Waals surface area (Å²) in [5.41, 5.74) is 1.37. The lowest BCUT2D eigenvalue weighted by atomic mass is 10.2. The third-order valence-corrected chi connectivity index (χ3v) is 15.2. The lowest BCUT2D eigenvalue weighted by molar-refractivity contribution is -0.118. The van der Waals surface area contributed by atoms with Crippen LogP contribution in [0.2, 0.25) is 10.0 Å². The summed E-state index contributed by atoms with van der Waals surface area (Å²) >= 11 is 13.8. The number of benzene rings is 4. The maximum atomic E-state index is 13.7.